The first-order chi connectivity index (χ1) is 14.9. The summed E-state index contributed by atoms with van der Waals surface area (Å²) < 4.78 is 48.6. The lowest BCUT2D eigenvalue weighted by Gasteiger charge is -2.25. The lowest BCUT2D eigenvalue weighted by atomic mass is 9.92. The summed E-state index contributed by atoms with van der Waals surface area (Å²) in [6.45, 7) is 2.68. The van der Waals surface area contributed by atoms with E-state index in [2.05, 4.69) is 9.29 Å². The smallest absolute Gasteiger partial charge is 0.307 e. The van der Waals surface area contributed by atoms with E-state index in [0.717, 1.165) is 34.3 Å². The van der Waals surface area contributed by atoms with E-state index in [1.165, 1.54) is 12.1 Å². The van der Waals surface area contributed by atoms with Gasteiger partial charge in [0.1, 0.15) is 5.82 Å². The number of hydrogen-bond donors (Lipinski definition) is 1. The Balaban J connectivity index is 1.58. The number of sulfonamides is 1. The zero-order chi connectivity index (χ0) is 22.0. The predicted octanol–water partition coefficient (Wildman–Crippen LogP) is 3.57. The van der Waals surface area contributed by atoms with Crippen LogP contribution in [0.15, 0.2) is 53.4 Å². The molecule has 1 aliphatic rings. The van der Waals surface area contributed by atoms with Gasteiger partial charge in [0, 0.05) is 29.2 Å². The summed E-state index contributed by atoms with van der Waals surface area (Å²) in [5.41, 5.74) is 3.29. The van der Waals surface area contributed by atoms with Crippen molar-refractivity contribution in [1.82, 2.24) is 9.29 Å². The lowest BCUT2D eigenvalue weighted by molar-refractivity contribution is -0.143. The summed E-state index contributed by atoms with van der Waals surface area (Å²) in [7, 11) is -3.74. The number of nitrogens with one attached hydrogen (secondary N) is 1. The van der Waals surface area contributed by atoms with Crippen LogP contribution in [0.2, 0.25) is 0 Å². The molecule has 0 amide bonds. The topological polar surface area (TPSA) is 77.4 Å². The highest BCUT2D eigenvalue weighted by Gasteiger charge is 2.28. The number of rotatable bonds is 7. The van der Waals surface area contributed by atoms with Gasteiger partial charge in [0.2, 0.25) is 10.0 Å². The van der Waals surface area contributed by atoms with Crippen molar-refractivity contribution < 1.29 is 22.3 Å². The Kier molecular flexibility index (Phi) is 6.11. The molecule has 0 radical (unpaired) electrons. The van der Waals surface area contributed by atoms with Crippen LogP contribution < -0.4 is 4.72 Å². The molecule has 0 aliphatic heterocycles. The Morgan fingerprint density at radius 2 is 1.94 bits per heavy atom. The van der Waals surface area contributed by atoms with Crippen molar-refractivity contribution in [3.8, 4) is 0 Å². The van der Waals surface area contributed by atoms with E-state index in [1.54, 1.807) is 6.92 Å². The molecule has 1 aliphatic carbocycles. The maximum absolute atomic E-state index is 13.2. The molecular weight excluding hydrogens is 419 g/mol. The summed E-state index contributed by atoms with van der Waals surface area (Å²) in [4.78, 5) is 11.9. The summed E-state index contributed by atoms with van der Waals surface area (Å²) in [6, 6.07) is 12.6. The Bertz CT molecular complexity index is 1200. The quantitative estimate of drug-likeness (QED) is 0.565. The molecule has 164 valence electrons. The van der Waals surface area contributed by atoms with Crippen LogP contribution in [0, 0.1) is 5.82 Å². The summed E-state index contributed by atoms with van der Waals surface area (Å²) in [5, 5.41) is 1.08. The predicted molar refractivity (Wildman–Crippen MR) is 116 cm³/mol. The molecule has 0 bridgehead atoms. The first-order valence-corrected chi connectivity index (χ1v) is 11.9. The van der Waals surface area contributed by atoms with Gasteiger partial charge in [-0.3, -0.25) is 4.79 Å². The zero-order valence-electron chi connectivity index (χ0n) is 17.3. The number of aryl methyl sites for hydroxylation is 1. The zero-order valence-corrected chi connectivity index (χ0v) is 18.1. The number of benzene rings is 2. The number of esters is 1. The van der Waals surface area contributed by atoms with Gasteiger partial charge in [-0.2, -0.15) is 0 Å². The molecule has 3 aromatic rings. The van der Waals surface area contributed by atoms with Crippen molar-refractivity contribution in [3.05, 3.63) is 65.6 Å². The van der Waals surface area contributed by atoms with E-state index in [1.807, 2.05) is 24.3 Å². The molecule has 0 spiro atoms. The minimum Gasteiger partial charge on any atom is -0.466 e. The molecule has 8 heteroatoms. The Morgan fingerprint density at radius 1 is 1.19 bits per heavy atom. The molecule has 2 aromatic carbocycles. The van der Waals surface area contributed by atoms with Gasteiger partial charge < -0.3 is 9.30 Å². The Hall–Kier alpha value is -2.71. The van der Waals surface area contributed by atoms with Crippen LogP contribution in [0.4, 0.5) is 4.39 Å². The van der Waals surface area contributed by atoms with Crippen LogP contribution in [0.5, 0.6) is 0 Å². The van der Waals surface area contributed by atoms with Crippen LogP contribution in [0.25, 0.3) is 10.9 Å². The van der Waals surface area contributed by atoms with Gasteiger partial charge in [-0.25, -0.2) is 17.5 Å². The van der Waals surface area contributed by atoms with Gasteiger partial charge in [0.05, 0.1) is 17.9 Å². The van der Waals surface area contributed by atoms with Gasteiger partial charge in [-0.15, -0.1) is 0 Å². The van der Waals surface area contributed by atoms with Crippen molar-refractivity contribution in [3.63, 3.8) is 0 Å². The van der Waals surface area contributed by atoms with Crippen LogP contribution >= 0.6 is 0 Å². The van der Waals surface area contributed by atoms with Crippen LogP contribution in [-0.4, -0.2) is 31.6 Å². The number of carbonyl (C=O) groups is 1. The molecule has 0 saturated carbocycles. The number of ether oxygens (including phenoxy) is 1. The first-order valence-electron chi connectivity index (χ1n) is 10.4. The highest BCUT2D eigenvalue weighted by molar-refractivity contribution is 7.89. The average Bonchev–Trinajstić information content (AvgIpc) is 3.06. The largest absolute Gasteiger partial charge is 0.466 e. The Morgan fingerprint density at radius 3 is 2.68 bits per heavy atom. The third kappa shape index (κ3) is 4.50. The third-order valence-corrected chi connectivity index (χ3v) is 7.20. The van der Waals surface area contributed by atoms with E-state index in [9.17, 15) is 17.6 Å². The van der Waals surface area contributed by atoms with Gasteiger partial charge in [0.15, 0.2) is 0 Å². The van der Waals surface area contributed by atoms with Crippen molar-refractivity contribution in [2.75, 3.05) is 6.61 Å². The van der Waals surface area contributed by atoms with Crippen LogP contribution in [0.1, 0.15) is 31.0 Å². The molecular formula is C23H25FN2O4S. The second-order valence-electron chi connectivity index (χ2n) is 7.66. The van der Waals surface area contributed by atoms with Gasteiger partial charge >= 0.3 is 5.97 Å². The number of hydrogen-bond acceptors (Lipinski definition) is 4. The van der Waals surface area contributed by atoms with Crippen molar-refractivity contribution in [2.24, 2.45) is 0 Å². The molecule has 1 unspecified atom stereocenters. The van der Waals surface area contributed by atoms with Crippen LogP contribution in [-0.2, 0) is 38.9 Å². The first kappa shape index (κ1) is 21.5. The molecule has 0 saturated heterocycles. The van der Waals surface area contributed by atoms with Crippen LogP contribution in [0.3, 0.4) is 0 Å². The number of para-hydroxylation sites is 1. The number of fused-ring (bicyclic) bond motifs is 3. The van der Waals surface area contributed by atoms with Crippen molar-refractivity contribution >= 4 is 26.9 Å². The van der Waals surface area contributed by atoms with E-state index < -0.39 is 15.8 Å². The molecule has 1 heterocycles. The minimum atomic E-state index is -3.74. The highest BCUT2D eigenvalue weighted by Crippen LogP contribution is 2.33. The van der Waals surface area contributed by atoms with E-state index in [4.69, 9.17) is 4.74 Å². The van der Waals surface area contributed by atoms with E-state index >= 15 is 0 Å². The number of halogens is 1. The van der Waals surface area contributed by atoms with E-state index in [0.29, 0.717) is 38.8 Å². The third-order valence-electron chi connectivity index (χ3n) is 5.66. The fourth-order valence-electron chi connectivity index (χ4n) is 4.29. The van der Waals surface area contributed by atoms with Gasteiger partial charge in [-0.1, -0.05) is 18.2 Å². The lowest BCUT2D eigenvalue weighted by Crippen LogP contribution is -2.39. The molecule has 1 aromatic heterocycles. The molecule has 1 atom stereocenters. The number of aromatic nitrogens is 1. The maximum Gasteiger partial charge on any atom is 0.307 e. The molecule has 4 rings (SSSR count). The number of nitrogens with zero attached hydrogens (tertiary/aromatic N) is 1. The van der Waals surface area contributed by atoms with Gasteiger partial charge in [0.25, 0.3) is 0 Å². The molecule has 6 nitrogen and oxygen atoms in total. The summed E-state index contributed by atoms with van der Waals surface area (Å²) in [6.07, 6.45) is 2.19. The number of carbonyl (C=O) groups excluding carboxylic acids is 1. The minimum absolute atomic E-state index is 0.0524. The molecule has 31 heavy (non-hydrogen) atoms. The molecule has 0 fully saturated rings. The fourth-order valence-corrected chi connectivity index (χ4v) is 5.56. The normalized spacial score (nSPS) is 16.3. The highest BCUT2D eigenvalue weighted by atomic mass is 32.2. The fraction of sp³-hybridized carbons (Fsp3) is 0.348. The summed E-state index contributed by atoms with van der Waals surface area (Å²) >= 11 is 0. The monoisotopic (exact) mass is 444 g/mol. The van der Waals surface area contributed by atoms with E-state index in [-0.39, 0.29) is 16.9 Å². The van der Waals surface area contributed by atoms with Crippen molar-refractivity contribution in [2.45, 2.75) is 50.1 Å². The standard InChI is InChI=1S/C23H25FN2O4S/c1-2-30-23(27)13-14-26-21-6-4-3-5-19(21)20-15-17(9-12-22(20)26)25-31(28,29)18-10-7-16(24)8-11-18/h3-8,10-11,17,25H,2,9,12-15H2,1H3. The second-order valence-corrected chi connectivity index (χ2v) is 9.38. The summed E-state index contributed by atoms with van der Waals surface area (Å²) in [5.74, 6) is -0.702. The molecule has 1 N–H and O–H groups in total. The second kappa shape index (κ2) is 8.80. The van der Waals surface area contributed by atoms with Gasteiger partial charge in [-0.05, 0) is 62.1 Å². The van der Waals surface area contributed by atoms with Crippen molar-refractivity contribution in [1.29, 1.82) is 0 Å². The Labute approximate surface area is 181 Å². The average molecular weight is 445 g/mol. The maximum atomic E-state index is 13.2. The SMILES string of the molecule is CCOC(=O)CCn1c2c(c3ccccc31)CC(NS(=O)(=O)c1ccc(F)cc1)CC2.